The van der Waals surface area contributed by atoms with Gasteiger partial charge in [-0.3, -0.25) is 4.90 Å². The molecule has 2 aromatic rings. The maximum atomic E-state index is 13.9. The van der Waals surface area contributed by atoms with Gasteiger partial charge in [-0.2, -0.15) is 5.10 Å². The van der Waals surface area contributed by atoms with Gasteiger partial charge in [0.2, 0.25) is 0 Å². The Bertz CT molecular complexity index is 783. The Balaban J connectivity index is 0.00000150. The Labute approximate surface area is 183 Å². The van der Waals surface area contributed by atoms with Crippen LogP contribution in [0.3, 0.4) is 0 Å². The zero-order chi connectivity index (χ0) is 18.9. The van der Waals surface area contributed by atoms with E-state index in [0.717, 1.165) is 44.5 Å². The normalized spacial score (nSPS) is 23.1. The number of ether oxygens (including phenoxy) is 1. The van der Waals surface area contributed by atoms with Crippen molar-refractivity contribution in [2.45, 2.75) is 38.0 Å². The molecule has 3 N–H and O–H groups in total. The van der Waals surface area contributed by atoms with Crippen molar-refractivity contribution < 1.29 is 14.2 Å². The fraction of sp³-hybridized carbons (Fsp3) is 0.550. The third kappa shape index (κ3) is 4.76. The van der Waals surface area contributed by atoms with Crippen LogP contribution in [-0.4, -0.2) is 58.2 Å². The summed E-state index contributed by atoms with van der Waals surface area (Å²) in [5.74, 6) is -0.283. The molecule has 0 amide bonds. The highest BCUT2D eigenvalue weighted by molar-refractivity contribution is 5.85. The lowest BCUT2D eigenvalue weighted by atomic mass is 9.58. The van der Waals surface area contributed by atoms with Crippen LogP contribution in [0.5, 0.6) is 0 Å². The van der Waals surface area contributed by atoms with Gasteiger partial charge in [-0.25, -0.2) is 9.07 Å². The number of nitrogens with zero attached hydrogens (tertiary/aromatic N) is 3. The summed E-state index contributed by atoms with van der Waals surface area (Å²) < 4.78 is 21.4. The number of benzene rings is 1. The first-order valence-corrected chi connectivity index (χ1v) is 9.63. The first-order valence-electron chi connectivity index (χ1n) is 9.63. The third-order valence-electron chi connectivity index (χ3n) is 6.11. The highest BCUT2D eigenvalue weighted by atomic mass is 35.5. The van der Waals surface area contributed by atoms with Crippen LogP contribution in [-0.2, 0) is 11.3 Å². The number of hydrogen-bond donors (Lipinski definition) is 2. The van der Waals surface area contributed by atoms with Gasteiger partial charge < -0.3 is 15.6 Å². The molecule has 6 nitrogen and oxygen atoms in total. The minimum absolute atomic E-state index is 0. The molecule has 162 valence electrons. The van der Waals surface area contributed by atoms with Crippen LogP contribution in [0, 0.1) is 11.2 Å². The Morgan fingerprint density at radius 3 is 2.62 bits per heavy atom. The van der Waals surface area contributed by atoms with Crippen molar-refractivity contribution in [3.63, 3.8) is 0 Å². The lowest BCUT2D eigenvalue weighted by Crippen LogP contribution is -2.62. The van der Waals surface area contributed by atoms with Gasteiger partial charge in [-0.1, -0.05) is 12.1 Å². The summed E-state index contributed by atoms with van der Waals surface area (Å²) in [5, 5.41) is 14.7. The van der Waals surface area contributed by atoms with Crippen molar-refractivity contribution in [3.8, 4) is 5.69 Å². The van der Waals surface area contributed by atoms with Crippen LogP contribution in [0.25, 0.3) is 5.69 Å². The Morgan fingerprint density at radius 2 is 1.97 bits per heavy atom. The van der Waals surface area contributed by atoms with Gasteiger partial charge in [0.25, 0.3) is 0 Å². The zero-order valence-electron chi connectivity index (χ0n) is 16.2. The van der Waals surface area contributed by atoms with E-state index in [1.807, 2.05) is 6.20 Å². The minimum atomic E-state index is -0.283. The first kappa shape index (κ1) is 24.1. The van der Waals surface area contributed by atoms with Crippen molar-refractivity contribution in [2.24, 2.45) is 11.1 Å². The molecule has 0 radical (unpaired) electrons. The van der Waals surface area contributed by atoms with Crippen molar-refractivity contribution in [2.75, 3.05) is 26.2 Å². The first-order chi connectivity index (χ1) is 13.1. The molecule has 1 aliphatic heterocycles. The van der Waals surface area contributed by atoms with E-state index in [0.29, 0.717) is 18.8 Å². The zero-order valence-corrected chi connectivity index (χ0v) is 17.9. The number of rotatable bonds is 6. The lowest BCUT2D eigenvalue weighted by Gasteiger charge is -2.56. The predicted octanol–water partition coefficient (Wildman–Crippen LogP) is 2.55. The molecule has 1 aromatic carbocycles. The Morgan fingerprint density at radius 1 is 1.24 bits per heavy atom. The molecule has 2 atom stereocenters. The van der Waals surface area contributed by atoms with Gasteiger partial charge in [0.15, 0.2) is 0 Å². The van der Waals surface area contributed by atoms with Gasteiger partial charge in [0.05, 0.1) is 25.0 Å². The molecule has 1 aliphatic carbocycles. The smallest absolute Gasteiger partial charge is 0.148 e. The summed E-state index contributed by atoms with van der Waals surface area (Å²) in [4.78, 5) is 2.36. The van der Waals surface area contributed by atoms with E-state index in [-0.39, 0.29) is 48.3 Å². The van der Waals surface area contributed by atoms with Crippen molar-refractivity contribution in [3.05, 3.63) is 48.0 Å². The molecule has 29 heavy (non-hydrogen) atoms. The maximum Gasteiger partial charge on any atom is 0.148 e. The average Bonchev–Trinajstić information content (AvgIpc) is 3.14. The van der Waals surface area contributed by atoms with E-state index in [4.69, 9.17) is 10.5 Å². The number of aliphatic hydroxyl groups excluding tert-OH is 1. The summed E-state index contributed by atoms with van der Waals surface area (Å²) in [6, 6.07) is 6.63. The van der Waals surface area contributed by atoms with Gasteiger partial charge in [-0.05, 0) is 38.1 Å². The van der Waals surface area contributed by atoms with Crippen LogP contribution in [0.15, 0.2) is 36.7 Å². The second-order valence-corrected chi connectivity index (χ2v) is 7.65. The average molecular weight is 447 g/mol. The number of hydrogen-bond acceptors (Lipinski definition) is 5. The predicted molar refractivity (Wildman–Crippen MR) is 114 cm³/mol. The second kappa shape index (κ2) is 10.2. The Hall–Kier alpha value is -1.22. The molecule has 1 aromatic heterocycles. The molecule has 1 saturated carbocycles. The third-order valence-corrected chi connectivity index (χ3v) is 6.11. The highest BCUT2D eigenvalue weighted by Gasteiger charge is 2.55. The molecule has 2 heterocycles. The molecule has 2 aliphatic rings. The maximum absolute atomic E-state index is 13.9. The van der Waals surface area contributed by atoms with Crippen molar-refractivity contribution in [1.82, 2.24) is 14.7 Å². The van der Waals surface area contributed by atoms with Crippen LogP contribution < -0.4 is 5.73 Å². The molecule has 1 saturated heterocycles. The van der Waals surface area contributed by atoms with Gasteiger partial charge >= 0.3 is 0 Å². The lowest BCUT2D eigenvalue weighted by molar-refractivity contribution is -0.210. The molecular formula is C20H29Cl2FN4O2. The van der Waals surface area contributed by atoms with E-state index in [9.17, 15) is 9.50 Å². The topological polar surface area (TPSA) is 76.5 Å². The molecule has 9 heteroatoms. The fourth-order valence-electron chi connectivity index (χ4n) is 4.42. The number of likely N-dealkylation sites (tertiary alicyclic amines) is 1. The highest BCUT2D eigenvalue weighted by Crippen LogP contribution is 2.51. The second-order valence-electron chi connectivity index (χ2n) is 7.65. The molecule has 2 fully saturated rings. The van der Waals surface area contributed by atoms with E-state index >= 15 is 0 Å². The standard InChI is InChI=1S/C20H27FN4O2.2ClH/c21-16-3-1-2-4-17(16)25-14-15(12-23-25)13-24-8-5-20(6-9-24)18(26)11-19(20)27-10-7-22;;/h1-4,12,14,18-19,26H,5-11,13,22H2;2*1H/t18-,19+;;/m1../s1. The van der Waals surface area contributed by atoms with Crippen LogP contribution in [0.4, 0.5) is 4.39 Å². The fourth-order valence-corrected chi connectivity index (χ4v) is 4.42. The van der Waals surface area contributed by atoms with E-state index in [1.54, 1.807) is 29.1 Å². The molecular weight excluding hydrogens is 418 g/mol. The number of halogens is 3. The molecule has 1 spiro atoms. The summed E-state index contributed by atoms with van der Waals surface area (Å²) in [6.45, 7) is 3.66. The van der Waals surface area contributed by atoms with Gasteiger partial charge in [0.1, 0.15) is 11.5 Å². The minimum Gasteiger partial charge on any atom is -0.392 e. The van der Waals surface area contributed by atoms with Crippen LogP contribution >= 0.6 is 24.8 Å². The monoisotopic (exact) mass is 446 g/mol. The van der Waals surface area contributed by atoms with E-state index in [1.165, 1.54) is 6.07 Å². The largest absolute Gasteiger partial charge is 0.392 e. The van der Waals surface area contributed by atoms with Gasteiger partial charge in [0, 0.05) is 36.7 Å². The summed E-state index contributed by atoms with van der Waals surface area (Å²) in [7, 11) is 0. The molecule has 0 unspecified atom stereocenters. The number of piperidine rings is 1. The molecule has 4 rings (SSSR count). The van der Waals surface area contributed by atoms with E-state index in [2.05, 4.69) is 10.00 Å². The summed E-state index contributed by atoms with van der Waals surface area (Å²) in [6.07, 6.45) is 6.09. The van der Waals surface area contributed by atoms with Crippen LogP contribution in [0.1, 0.15) is 24.8 Å². The number of aromatic nitrogens is 2. The van der Waals surface area contributed by atoms with Crippen molar-refractivity contribution >= 4 is 24.8 Å². The number of para-hydroxylation sites is 1. The summed E-state index contributed by atoms with van der Waals surface area (Å²) >= 11 is 0. The number of aliphatic hydroxyl groups is 1. The Kier molecular flexibility index (Phi) is 8.46. The van der Waals surface area contributed by atoms with Crippen molar-refractivity contribution in [1.29, 1.82) is 0 Å². The van der Waals surface area contributed by atoms with Crippen LogP contribution in [0.2, 0.25) is 0 Å². The number of nitrogens with two attached hydrogens (primary N) is 1. The SMILES string of the molecule is Cl.Cl.NCCO[C@H]1C[C@@H](O)C12CCN(Cc1cnn(-c3ccccc3F)c1)CC2. The van der Waals surface area contributed by atoms with Gasteiger partial charge in [-0.15, -0.1) is 24.8 Å². The quantitative estimate of drug-likeness (QED) is 0.712. The molecule has 0 bridgehead atoms. The summed E-state index contributed by atoms with van der Waals surface area (Å²) in [5.41, 5.74) is 6.95. The van der Waals surface area contributed by atoms with E-state index < -0.39 is 0 Å².